The molecule has 6 nitrogen and oxygen atoms in total. The molecule has 0 unspecified atom stereocenters. The van der Waals surface area contributed by atoms with Crippen molar-refractivity contribution < 1.29 is 4.79 Å². The number of carbonyl (C=O) groups is 1. The van der Waals surface area contributed by atoms with Crippen molar-refractivity contribution in [3.05, 3.63) is 114 Å². The largest absolute Gasteiger partial charge is 0.380 e. The topological polar surface area (TPSA) is 84.1 Å². The molecule has 46 heavy (non-hydrogen) atoms. The lowest BCUT2D eigenvalue weighted by Gasteiger charge is -2.54. The van der Waals surface area contributed by atoms with Crippen LogP contribution in [-0.4, -0.2) is 44.9 Å². The highest BCUT2D eigenvalue weighted by Gasteiger charge is 2.43. The summed E-state index contributed by atoms with van der Waals surface area (Å²) in [5, 5.41) is 4.69. The summed E-state index contributed by atoms with van der Waals surface area (Å²) in [6, 6.07) is 27.8. The van der Waals surface area contributed by atoms with E-state index in [1.54, 1.807) is 6.20 Å². The van der Waals surface area contributed by atoms with E-state index in [-0.39, 0.29) is 17.1 Å². The molecule has 5 aromatic rings. The molecule has 1 aliphatic rings. The third-order valence-corrected chi connectivity index (χ3v) is 9.51. The maximum Gasteiger partial charge on any atom is 0.269 e. The van der Waals surface area contributed by atoms with Crippen molar-refractivity contribution in [2.75, 3.05) is 12.4 Å². The number of hydrogen-bond donors (Lipinski definition) is 2. The average Bonchev–Trinajstić information content (AvgIpc) is 3.00. The van der Waals surface area contributed by atoms with Crippen LogP contribution >= 0.6 is 0 Å². The number of rotatable bonds is 5. The Morgan fingerprint density at radius 3 is 2.13 bits per heavy atom. The molecule has 0 bridgehead atoms. The minimum atomic E-state index is -0.492. The number of para-hydroxylation sites is 1. The van der Waals surface area contributed by atoms with Crippen LogP contribution in [0.1, 0.15) is 67.7 Å². The smallest absolute Gasteiger partial charge is 0.269 e. The fourth-order valence-electron chi connectivity index (χ4n) is 6.91. The van der Waals surface area contributed by atoms with Crippen molar-refractivity contribution in [1.82, 2.24) is 14.9 Å². The lowest BCUT2D eigenvalue weighted by molar-refractivity contribution is -0.00768. The Labute approximate surface area is 274 Å². The second kappa shape index (κ2) is 13.1. The summed E-state index contributed by atoms with van der Waals surface area (Å²) >= 11 is 0. The van der Waals surface area contributed by atoms with E-state index in [4.69, 9.17) is 5.73 Å². The summed E-state index contributed by atoms with van der Waals surface area (Å²) in [6.07, 6.45) is 5.66. The van der Waals surface area contributed by atoms with Crippen molar-refractivity contribution in [1.29, 1.82) is 0 Å². The first kappa shape index (κ1) is 32.8. The average molecular weight is 614 g/mol. The van der Waals surface area contributed by atoms with Gasteiger partial charge in [0.1, 0.15) is 0 Å². The van der Waals surface area contributed by atoms with Gasteiger partial charge in [0.2, 0.25) is 0 Å². The van der Waals surface area contributed by atoms with Crippen molar-refractivity contribution in [3.63, 3.8) is 0 Å². The number of carbonyl (C=O) groups excluding carboxylic acids is 1. The third kappa shape index (κ3) is 6.97. The molecule has 0 radical (unpaired) electrons. The van der Waals surface area contributed by atoms with Gasteiger partial charge >= 0.3 is 0 Å². The number of hydrogen-bond acceptors (Lipinski definition) is 5. The van der Waals surface area contributed by atoms with Crippen LogP contribution in [0.5, 0.6) is 0 Å². The quantitative estimate of drug-likeness (QED) is 0.207. The zero-order valence-electron chi connectivity index (χ0n) is 28.5. The number of anilines is 1. The number of piperidine rings is 1. The minimum absolute atomic E-state index is 0.0869. The van der Waals surface area contributed by atoms with Gasteiger partial charge in [-0.05, 0) is 120 Å². The SMILES string of the molecule is Cc1ccccc1-c1c(C)cccc1-c1cnc2ccccc2c1.Cc1cnc(C(N)=O)c(NC2CC(C)(C)N(C)C(C)(C)C2)c1. The zero-order valence-corrected chi connectivity index (χ0v) is 28.5. The minimum Gasteiger partial charge on any atom is -0.380 e. The number of nitrogens with one attached hydrogen (secondary N) is 1. The number of aromatic nitrogens is 2. The number of nitrogens with zero attached hydrogens (tertiary/aromatic N) is 3. The standard InChI is InChI=1S/C23H19N.C17H28N4O/c1-16-8-3-5-11-20(16)23-17(2)9-7-12-21(23)19-14-18-10-4-6-13-22(18)24-15-19;1-11-7-13(14(15(18)22)19-10-11)20-12-8-16(2,3)21(6)17(4,5)9-12/h3-15H,1-2H3;7,10,12,20H,8-9H2,1-6H3,(H2,18,22). The van der Waals surface area contributed by atoms with Crippen molar-refractivity contribution in [3.8, 4) is 22.3 Å². The van der Waals surface area contributed by atoms with Crippen LogP contribution in [0.25, 0.3) is 33.2 Å². The molecular formula is C40H47N5O. The number of likely N-dealkylation sites (tertiary alicyclic amines) is 1. The molecule has 238 valence electrons. The fourth-order valence-corrected chi connectivity index (χ4v) is 6.91. The molecule has 3 aromatic carbocycles. The number of aryl methyl sites for hydroxylation is 3. The predicted molar refractivity (Wildman–Crippen MR) is 192 cm³/mol. The normalized spacial score (nSPS) is 16.0. The Balaban J connectivity index is 0.000000182. The number of amides is 1. The van der Waals surface area contributed by atoms with Gasteiger partial charge in [-0.2, -0.15) is 0 Å². The second-order valence-electron chi connectivity index (χ2n) is 13.9. The molecule has 0 saturated carbocycles. The van der Waals surface area contributed by atoms with Gasteiger partial charge in [-0.1, -0.05) is 60.7 Å². The highest BCUT2D eigenvalue weighted by molar-refractivity contribution is 5.96. The highest BCUT2D eigenvalue weighted by atomic mass is 16.1. The number of pyridine rings is 2. The van der Waals surface area contributed by atoms with Gasteiger partial charge in [-0.15, -0.1) is 0 Å². The second-order valence-corrected chi connectivity index (χ2v) is 13.9. The summed E-state index contributed by atoms with van der Waals surface area (Å²) in [5.74, 6) is -0.492. The molecule has 3 heterocycles. The van der Waals surface area contributed by atoms with E-state index in [1.807, 2.05) is 25.3 Å². The molecule has 0 spiro atoms. The van der Waals surface area contributed by atoms with Crippen LogP contribution in [0.2, 0.25) is 0 Å². The maximum absolute atomic E-state index is 11.6. The van der Waals surface area contributed by atoms with Crippen molar-refractivity contribution in [2.24, 2.45) is 5.73 Å². The summed E-state index contributed by atoms with van der Waals surface area (Å²) in [5.41, 5.74) is 16.3. The van der Waals surface area contributed by atoms with Crippen LogP contribution in [0.15, 0.2) is 91.3 Å². The first-order valence-corrected chi connectivity index (χ1v) is 16.0. The summed E-state index contributed by atoms with van der Waals surface area (Å²) < 4.78 is 0. The molecule has 3 N–H and O–H groups in total. The third-order valence-electron chi connectivity index (χ3n) is 9.51. The summed E-state index contributed by atoms with van der Waals surface area (Å²) in [6.45, 7) is 15.3. The van der Waals surface area contributed by atoms with Crippen LogP contribution in [0.4, 0.5) is 5.69 Å². The number of primary amides is 1. The Kier molecular flexibility index (Phi) is 9.32. The van der Waals surface area contributed by atoms with E-state index in [2.05, 4.69) is 136 Å². The molecule has 6 heteroatoms. The van der Waals surface area contributed by atoms with Gasteiger partial charge in [0.15, 0.2) is 5.69 Å². The van der Waals surface area contributed by atoms with Crippen LogP contribution in [0.3, 0.4) is 0 Å². The van der Waals surface area contributed by atoms with Gasteiger partial charge in [0.05, 0.1) is 11.2 Å². The van der Waals surface area contributed by atoms with E-state index < -0.39 is 5.91 Å². The molecule has 0 atom stereocenters. The Bertz CT molecular complexity index is 1860. The maximum atomic E-state index is 11.6. The van der Waals surface area contributed by atoms with Gasteiger partial charge < -0.3 is 11.1 Å². The van der Waals surface area contributed by atoms with Crippen molar-refractivity contribution >= 4 is 22.5 Å². The van der Waals surface area contributed by atoms with Crippen LogP contribution in [0, 0.1) is 20.8 Å². The molecule has 1 aliphatic heterocycles. The van der Waals surface area contributed by atoms with E-state index in [0.29, 0.717) is 5.69 Å². The Hall–Kier alpha value is -4.55. The first-order chi connectivity index (χ1) is 21.8. The fraction of sp³-hybridized carbons (Fsp3) is 0.325. The van der Waals surface area contributed by atoms with Crippen LogP contribution in [-0.2, 0) is 0 Å². The molecule has 1 saturated heterocycles. The van der Waals surface area contributed by atoms with Gasteiger partial charge in [0, 0.05) is 40.5 Å². The highest BCUT2D eigenvalue weighted by Crippen LogP contribution is 2.39. The summed E-state index contributed by atoms with van der Waals surface area (Å²) in [7, 11) is 2.18. The number of fused-ring (bicyclic) bond motifs is 1. The molecule has 1 amide bonds. The molecule has 0 aliphatic carbocycles. The van der Waals surface area contributed by atoms with E-state index >= 15 is 0 Å². The Morgan fingerprint density at radius 2 is 1.43 bits per heavy atom. The van der Waals surface area contributed by atoms with Gasteiger partial charge in [-0.25, -0.2) is 4.98 Å². The molecule has 6 rings (SSSR count). The zero-order chi connectivity index (χ0) is 33.2. The number of nitrogens with two attached hydrogens (primary N) is 1. The monoisotopic (exact) mass is 613 g/mol. The Morgan fingerprint density at radius 1 is 0.804 bits per heavy atom. The first-order valence-electron chi connectivity index (χ1n) is 16.0. The molecular weight excluding hydrogens is 566 g/mol. The summed E-state index contributed by atoms with van der Waals surface area (Å²) in [4.78, 5) is 22.9. The van der Waals surface area contributed by atoms with Crippen molar-refractivity contribution in [2.45, 2.75) is 78.4 Å². The number of benzene rings is 3. The van der Waals surface area contributed by atoms with Crippen LogP contribution < -0.4 is 11.1 Å². The molecule has 2 aromatic heterocycles. The molecule has 1 fully saturated rings. The van der Waals surface area contributed by atoms with E-state index in [1.165, 1.54) is 33.2 Å². The van der Waals surface area contributed by atoms with Gasteiger partial charge in [0.25, 0.3) is 5.91 Å². The lowest BCUT2D eigenvalue weighted by atomic mass is 9.77. The van der Waals surface area contributed by atoms with E-state index in [0.717, 1.165) is 35.2 Å². The predicted octanol–water partition coefficient (Wildman–Crippen LogP) is 8.74. The van der Waals surface area contributed by atoms with Gasteiger partial charge in [-0.3, -0.25) is 14.7 Å². The lowest BCUT2D eigenvalue weighted by Crippen LogP contribution is -2.61. The van der Waals surface area contributed by atoms with E-state index in [9.17, 15) is 4.79 Å².